The fraction of sp³-hybridized carbons (Fsp3) is 0.538. The highest BCUT2D eigenvalue weighted by Gasteiger charge is 2.48. The van der Waals surface area contributed by atoms with Crippen LogP contribution in [0.25, 0.3) is 0 Å². The lowest BCUT2D eigenvalue weighted by atomic mass is 9.80. The van der Waals surface area contributed by atoms with Gasteiger partial charge in [0.15, 0.2) is 11.4 Å². The molecule has 10 heteroatoms. The molecule has 1 saturated carbocycles. The highest BCUT2D eigenvalue weighted by atomic mass is 19.1. The van der Waals surface area contributed by atoms with Crippen LogP contribution in [-0.4, -0.2) is 64.4 Å². The van der Waals surface area contributed by atoms with E-state index in [4.69, 9.17) is 4.74 Å². The number of rotatable bonds is 7. The molecule has 0 unspecified atom stereocenters. The minimum atomic E-state index is -0.673. The summed E-state index contributed by atoms with van der Waals surface area (Å²) in [7, 11) is 1.66. The van der Waals surface area contributed by atoms with Crippen molar-refractivity contribution in [3.63, 3.8) is 0 Å². The number of nitrogens with one attached hydrogen (secondary N) is 1. The lowest BCUT2D eigenvalue weighted by Gasteiger charge is -2.55. The number of ether oxygens (including phenoxy) is 1. The number of benzene rings is 1. The van der Waals surface area contributed by atoms with Crippen LogP contribution < -0.4 is 10.7 Å². The highest BCUT2D eigenvalue weighted by Crippen LogP contribution is 2.39. The van der Waals surface area contributed by atoms with Crippen molar-refractivity contribution in [3.8, 4) is 5.75 Å². The highest BCUT2D eigenvalue weighted by molar-refractivity contribution is 5.96. The van der Waals surface area contributed by atoms with Crippen molar-refractivity contribution in [3.05, 3.63) is 63.1 Å². The molecular formula is C26H32F2N4O4. The maximum Gasteiger partial charge on any atom is 0.276 e. The Bertz CT molecular complexity index is 1200. The summed E-state index contributed by atoms with van der Waals surface area (Å²) in [6, 6.07) is 3.43. The zero-order chi connectivity index (χ0) is 25.4. The fourth-order valence-electron chi connectivity index (χ4n) is 6.02. The Kier molecular flexibility index (Phi) is 7.09. The molecule has 2 fully saturated rings. The van der Waals surface area contributed by atoms with E-state index in [0.717, 1.165) is 38.3 Å². The summed E-state index contributed by atoms with van der Waals surface area (Å²) >= 11 is 0. The minimum absolute atomic E-state index is 0.0301. The largest absolute Gasteiger partial charge is 0.503 e. The van der Waals surface area contributed by atoms with Crippen molar-refractivity contribution in [2.75, 3.05) is 26.8 Å². The summed E-state index contributed by atoms with van der Waals surface area (Å²) in [6.45, 7) is 2.70. The SMILES string of the molecule is COCCN1C[C@@H]2CCCC[C@@H]2N2C(=O)c3c(O)c(=O)c(CNCc4ccc(F)cc4F)cn3C[C@@H]12. The Morgan fingerprint density at radius 1 is 1.11 bits per heavy atom. The van der Waals surface area contributed by atoms with E-state index in [2.05, 4.69) is 10.2 Å². The van der Waals surface area contributed by atoms with Gasteiger partial charge < -0.3 is 24.6 Å². The molecule has 2 aromatic rings. The van der Waals surface area contributed by atoms with Gasteiger partial charge in [0.1, 0.15) is 17.8 Å². The molecule has 0 spiro atoms. The van der Waals surface area contributed by atoms with Crippen LogP contribution in [0.1, 0.15) is 47.3 Å². The third-order valence-electron chi connectivity index (χ3n) is 7.79. The van der Waals surface area contributed by atoms with Gasteiger partial charge in [0, 0.05) is 62.7 Å². The molecule has 0 bridgehead atoms. The predicted molar refractivity (Wildman–Crippen MR) is 128 cm³/mol. The quantitative estimate of drug-likeness (QED) is 0.605. The average Bonchev–Trinajstić information content (AvgIpc) is 2.86. The summed E-state index contributed by atoms with van der Waals surface area (Å²) in [5.41, 5.74) is -0.0478. The molecule has 1 amide bonds. The van der Waals surface area contributed by atoms with E-state index >= 15 is 0 Å². The molecule has 2 N–H and O–H groups in total. The first-order valence-corrected chi connectivity index (χ1v) is 12.5. The van der Waals surface area contributed by atoms with E-state index in [9.17, 15) is 23.5 Å². The number of pyridine rings is 1. The minimum Gasteiger partial charge on any atom is -0.503 e. The number of hydrogen-bond acceptors (Lipinski definition) is 6. The summed E-state index contributed by atoms with van der Waals surface area (Å²) in [5.74, 6) is -1.83. The first-order valence-electron chi connectivity index (χ1n) is 12.5. The van der Waals surface area contributed by atoms with Crippen LogP contribution in [0.5, 0.6) is 5.75 Å². The van der Waals surface area contributed by atoms with Crippen LogP contribution in [0.4, 0.5) is 8.78 Å². The third-order valence-corrected chi connectivity index (χ3v) is 7.79. The molecule has 0 radical (unpaired) electrons. The van der Waals surface area contributed by atoms with Gasteiger partial charge in [-0.15, -0.1) is 0 Å². The van der Waals surface area contributed by atoms with Gasteiger partial charge in [0.05, 0.1) is 13.2 Å². The molecule has 194 valence electrons. The molecule has 8 nitrogen and oxygen atoms in total. The van der Waals surface area contributed by atoms with E-state index in [0.29, 0.717) is 25.6 Å². The van der Waals surface area contributed by atoms with Crippen molar-refractivity contribution in [2.45, 2.75) is 57.5 Å². The van der Waals surface area contributed by atoms with Gasteiger partial charge in [-0.05, 0) is 24.8 Å². The number of aromatic nitrogens is 1. The summed E-state index contributed by atoms with van der Waals surface area (Å²) in [4.78, 5) is 30.9. The fourth-order valence-corrected chi connectivity index (χ4v) is 6.02. The molecule has 3 atom stereocenters. The van der Waals surface area contributed by atoms with Crippen molar-refractivity contribution in [2.24, 2.45) is 5.92 Å². The smallest absolute Gasteiger partial charge is 0.276 e. The summed E-state index contributed by atoms with van der Waals surface area (Å²) in [5, 5.41) is 13.8. The molecule has 1 aliphatic carbocycles. The first-order chi connectivity index (χ1) is 17.4. The zero-order valence-corrected chi connectivity index (χ0v) is 20.4. The molecule has 3 aliphatic rings. The second-order valence-corrected chi connectivity index (χ2v) is 9.96. The average molecular weight is 503 g/mol. The van der Waals surface area contributed by atoms with Gasteiger partial charge in [-0.2, -0.15) is 0 Å². The number of fused-ring (bicyclic) bond motifs is 4. The topological polar surface area (TPSA) is 87.0 Å². The summed E-state index contributed by atoms with van der Waals surface area (Å²) < 4.78 is 34.1. The van der Waals surface area contributed by atoms with Gasteiger partial charge in [0.25, 0.3) is 5.91 Å². The Morgan fingerprint density at radius 2 is 1.89 bits per heavy atom. The van der Waals surface area contributed by atoms with E-state index in [-0.39, 0.29) is 48.0 Å². The van der Waals surface area contributed by atoms with Crippen LogP contribution in [0, 0.1) is 17.6 Å². The van der Waals surface area contributed by atoms with Crippen LogP contribution in [0.3, 0.4) is 0 Å². The van der Waals surface area contributed by atoms with Crippen molar-refractivity contribution >= 4 is 5.91 Å². The number of amides is 1. The molecule has 36 heavy (non-hydrogen) atoms. The van der Waals surface area contributed by atoms with E-state index in [1.54, 1.807) is 17.9 Å². The number of carbonyl (C=O) groups is 1. The second-order valence-electron chi connectivity index (χ2n) is 9.96. The number of carbonyl (C=O) groups excluding carboxylic acids is 1. The van der Waals surface area contributed by atoms with E-state index in [1.165, 1.54) is 12.1 Å². The van der Waals surface area contributed by atoms with Gasteiger partial charge in [-0.1, -0.05) is 18.9 Å². The van der Waals surface area contributed by atoms with Crippen LogP contribution in [0.15, 0.2) is 29.2 Å². The number of halogens is 2. The van der Waals surface area contributed by atoms with Gasteiger partial charge in [-0.3, -0.25) is 14.5 Å². The molecule has 5 rings (SSSR count). The third kappa shape index (κ3) is 4.53. The van der Waals surface area contributed by atoms with Crippen molar-refractivity contribution < 1.29 is 23.4 Å². The first kappa shape index (κ1) is 24.9. The standard InChI is InChI=1S/C26H32F2N4O4/c1-36-9-8-30-13-17-4-2-3-5-21(17)32-22(30)15-31-14-18(24(33)25(34)23(31)26(32)35)12-29-11-16-6-7-19(27)10-20(16)28/h6-7,10,14,17,21-22,29,34H,2-5,8-9,11-13,15H2,1H3/t17-,21-,22-/m0/s1. The van der Waals surface area contributed by atoms with Gasteiger partial charge in [-0.25, -0.2) is 8.78 Å². The molecule has 3 heterocycles. The molecule has 1 aromatic carbocycles. The Labute approximate surface area is 208 Å². The lowest BCUT2D eigenvalue weighted by molar-refractivity contribution is -0.0788. The second kappa shape index (κ2) is 10.3. The maximum absolute atomic E-state index is 13.9. The zero-order valence-electron chi connectivity index (χ0n) is 20.4. The Hall–Kier alpha value is -2.82. The van der Waals surface area contributed by atoms with E-state index in [1.807, 2.05) is 4.90 Å². The monoisotopic (exact) mass is 502 g/mol. The normalized spacial score (nSPS) is 23.8. The lowest BCUT2D eigenvalue weighted by Crippen LogP contribution is -2.68. The molecule has 2 aliphatic heterocycles. The van der Waals surface area contributed by atoms with Gasteiger partial charge in [0.2, 0.25) is 5.43 Å². The Balaban J connectivity index is 1.41. The van der Waals surface area contributed by atoms with Gasteiger partial charge >= 0.3 is 0 Å². The molecule has 1 aromatic heterocycles. The number of nitrogens with zero attached hydrogens (tertiary/aromatic N) is 3. The number of methoxy groups -OCH3 is 1. The number of aromatic hydroxyl groups is 1. The van der Waals surface area contributed by atoms with Crippen molar-refractivity contribution in [1.82, 2.24) is 19.7 Å². The van der Waals surface area contributed by atoms with Crippen LogP contribution >= 0.6 is 0 Å². The Morgan fingerprint density at radius 3 is 2.67 bits per heavy atom. The van der Waals surface area contributed by atoms with Crippen LogP contribution in [0.2, 0.25) is 0 Å². The molecular weight excluding hydrogens is 470 g/mol. The van der Waals surface area contributed by atoms with E-state index < -0.39 is 22.8 Å². The van der Waals surface area contributed by atoms with Crippen molar-refractivity contribution in [1.29, 1.82) is 0 Å². The summed E-state index contributed by atoms with van der Waals surface area (Å²) in [6.07, 6.45) is 5.62. The predicted octanol–water partition coefficient (Wildman–Crippen LogP) is 2.42. The maximum atomic E-state index is 13.9. The number of hydrogen-bond donors (Lipinski definition) is 2. The molecule has 1 saturated heterocycles. The van der Waals surface area contributed by atoms with Crippen LogP contribution in [-0.2, 0) is 24.4 Å².